The minimum atomic E-state index is -0.375. The van der Waals surface area contributed by atoms with Crippen LogP contribution in [0.15, 0.2) is 53.7 Å². The van der Waals surface area contributed by atoms with E-state index in [-0.39, 0.29) is 23.0 Å². The van der Waals surface area contributed by atoms with E-state index in [4.69, 9.17) is 4.74 Å². The van der Waals surface area contributed by atoms with Crippen LogP contribution in [0.5, 0.6) is 5.75 Å². The van der Waals surface area contributed by atoms with Crippen molar-refractivity contribution in [1.29, 1.82) is 0 Å². The number of ether oxygens (including phenoxy) is 1. The predicted octanol–water partition coefficient (Wildman–Crippen LogP) is 5.96. The molecule has 2 atom stereocenters. The second kappa shape index (κ2) is 11.0. The topological polar surface area (TPSA) is 69.0 Å². The molecule has 0 spiro atoms. The van der Waals surface area contributed by atoms with Gasteiger partial charge >= 0.3 is 0 Å². The largest absolute Gasteiger partial charge is 0.496 e. The first-order valence-corrected chi connectivity index (χ1v) is 12.7. The van der Waals surface area contributed by atoms with Gasteiger partial charge in [-0.15, -0.1) is 10.2 Å². The monoisotopic (exact) mass is 482 g/mol. The Morgan fingerprint density at radius 3 is 2.50 bits per heavy atom. The maximum absolute atomic E-state index is 13.2. The first-order chi connectivity index (χ1) is 16.5. The number of hydrogen-bond donors (Lipinski definition) is 1. The maximum atomic E-state index is 13.2. The second-order valence-corrected chi connectivity index (χ2v) is 10.0. The van der Waals surface area contributed by atoms with Crippen molar-refractivity contribution in [3.05, 3.63) is 59.9 Å². The molecule has 1 heterocycles. The van der Waals surface area contributed by atoms with Gasteiger partial charge in [-0.1, -0.05) is 55.3 Å². The minimum Gasteiger partial charge on any atom is -0.496 e. The second-order valence-electron chi connectivity index (χ2n) is 8.71. The average Bonchev–Trinajstić information content (AvgIpc) is 3.28. The van der Waals surface area contributed by atoms with E-state index in [0.29, 0.717) is 6.04 Å². The van der Waals surface area contributed by atoms with E-state index in [9.17, 15) is 9.18 Å². The van der Waals surface area contributed by atoms with Gasteiger partial charge in [0, 0.05) is 6.04 Å². The SMILES string of the molecule is COc1ccccc1-c1nnc(S[C@@H](C)C(=O)N[C@H](C)c2ccc(F)cc2)n1C1CCCCC1. The number of thioether (sulfide) groups is 1. The molecular weight excluding hydrogens is 451 g/mol. The number of nitrogens with zero attached hydrogens (tertiary/aromatic N) is 3. The summed E-state index contributed by atoms with van der Waals surface area (Å²) in [6, 6.07) is 14.1. The van der Waals surface area contributed by atoms with Crippen molar-refractivity contribution in [2.24, 2.45) is 0 Å². The molecule has 3 aromatic rings. The zero-order chi connectivity index (χ0) is 24.1. The fourth-order valence-electron chi connectivity index (χ4n) is 4.42. The fraction of sp³-hybridized carbons (Fsp3) is 0.423. The molecule has 0 saturated heterocycles. The van der Waals surface area contributed by atoms with Gasteiger partial charge < -0.3 is 10.1 Å². The molecule has 1 N–H and O–H groups in total. The Bertz CT molecular complexity index is 1110. The number of methoxy groups -OCH3 is 1. The van der Waals surface area contributed by atoms with Crippen molar-refractivity contribution in [3.8, 4) is 17.1 Å². The molecule has 1 fully saturated rings. The molecule has 4 rings (SSSR count). The summed E-state index contributed by atoms with van der Waals surface area (Å²) in [7, 11) is 1.66. The molecule has 0 unspecified atom stereocenters. The Balaban J connectivity index is 1.56. The molecule has 8 heteroatoms. The highest BCUT2D eigenvalue weighted by molar-refractivity contribution is 8.00. The first kappa shape index (κ1) is 24.3. The number of aromatic nitrogens is 3. The van der Waals surface area contributed by atoms with Crippen molar-refractivity contribution in [3.63, 3.8) is 0 Å². The molecule has 6 nitrogen and oxygen atoms in total. The van der Waals surface area contributed by atoms with E-state index in [1.807, 2.05) is 38.1 Å². The highest BCUT2D eigenvalue weighted by Gasteiger charge is 2.28. The van der Waals surface area contributed by atoms with Crippen molar-refractivity contribution < 1.29 is 13.9 Å². The summed E-state index contributed by atoms with van der Waals surface area (Å²) < 4.78 is 21.0. The molecule has 0 bridgehead atoms. The number of halogens is 1. The molecule has 1 amide bonds. The van der Waals surface area contributed by atoms with Crippen LogP contribution in [0.4, 0.5) is 4.39 Å². The number of carbonyl (C=O) groups excluding carboxylic acids is 1. The van der Waals surface area contributed by atoms with E-state index in [1.165, 1.54) is 43.2 Å². The van der Waals surface area contributed by atoms with Crippen LogP contribution in [0.1, 0.15) is 63.6 Å². The van der Waals surface area contributed by atoms with Gasteiger partial charge in [0.15, 0.2) is 11.0 Å². The number of amides is 1. The predicted molar refractivity (Wildman–Crippen MR) is 132 cm³/mol. The highest BCUT2D eigenvalue weighted by atomic mass is 32.2. The third-order valence-corrected chi connectivity index (χ3v) is 7.39. The summed E-state index contributed by atoms with van der Waals surface area (Å²) in [5.74, 6) is 1.14. The van der Waals surface area contributed by atoms with Gasteiger partial charge in [-0.2, -0.15) is 0 Å². The lowest BCUT2D eigenvalue weighted by molar-refractivity contribution is -0.120. The van der Waals surface area contributed by atoms with Crippen LogP contribution in [0.2, 0.25) is 0 Å². The van der Waals surface area contributed by atoms with Crippen molar-refractivity contribution in [2.45, 2.75) is 68.4 Å². The normalized spacial score (nSPS) is 16.1. The maximum Gasteiger partial charge on any atom is 0.233 e. The van der Waals surface area contributed by atoms with Crippen molar-refractivity contribution in [1.82, 2.24) is 20.1 Å². The van der Waals surface area contributed by atoms with Gasteiger partial charge in [0.2, 0.25) is 5.91 Å². The minimum absolute atomic E-state index is 0.0983. The third-order valence-electron chi connectivity index (χ3n) is 6.33. The highest BCUT2D eigenvalue weighted by Crippen LogP contribution is 2.38. The zero-order valence-electron chi connectivity index (χ0n) is 19.8. The Morgan fingerprint density at radius 1 is 1.09 bits per heavy atom. The molecule has 0 aliphatic heterocycles. The van der Waals surface area contributed by atoms with Gasteiger partial charge in [-0.25, -0.2) is 4.39 Å². The number of nitrogens with one attached hydrogen (secondary N) is 1. The summed E-state index contributed by atoms with van der Waals surface area (Å²) in [5, 5.41) is 12.5. The van der Waals surface area contributed by atoms with Crippen LogP contribution in [-0.2, 0) is 4.79 Å². The fourth-order valence-corrected chi connectivity index (χ4v) is 5.34. The van der Waals surface area contributed by atoms with Crippen LogP contribution in [-0.4, -0.2) is 33.0 Å². The van der Waals surface area contributed by atoms with Gasteiger partial charge in [0.1, 0.15) is 11.6 Å². The standard InChI is InChI=1S/C26H31FN4O2S/c1-17(19-13-15-20(27)16-14-19)28-25(32)18(2)34-26-30-29-24(22-11-7-8-12-23(22)33-3)31(26)21-9-5-4-6-10-21/h7-8,11-18,21H,4-6,9-10H2,1-3H3,(H,28,32)/t17-,18+/m1/s1. The molecule has 180 valence electrons. The van der Waals surface area contributed by atoms with Crippen LogP contribution in [0, 0.1) is 5.82 Å². The van der Waals surface area contributed by atoms with Crippen molar-refractivity contribution >= 4 is 17.7 Å². The summed E-state index contributed by atoms with van der Waals surface area (Å²) >= 11 is 1.42. The Hall–Kier alpha value is -2.87. The third kappa shape index (κ3) is 5.43. The number of carbonyl (C=O) groups is 1. The lowest BCUT2D eigenvalue weighted by Crippen LogP contribution is -2.33. The van der Waals surface area contributed by atoms with Gasteiger partial charge in [-0.05, 0) is 56.5 Å². The zero-order valence-corrected chi connectivity index (χ0v) is 20.6. The average molecular weight is 483 g/mol. The molecule has 0 radical (unpaired) electrons. The number of hydrogen-bond acceptors (Lipinski definition) is 5. The quantitative estimate of drug-likeness (QED) is 0.402. The van der Waals surface area contributed by atoms with E-state index < -0.39 is 0 Å². The van der Waals surface area contributed by atoms with Gasteiger partial charge in [-0.3, -0.25) is 9.36 Å². The van der Waals surface area contributed by atoms with E-state index in [1.54, 1.807) is 19.2 Å². The summed E-state index contributed by atoms with van der Waals surface area (Å²) in [4.78, 5) is 13.0. The lowest BCUT2D eigenvalue weighted by atomic mass is 9.95. The molecule has 2 aromatic carbocycles. The Kier molecular flexibility index (Phi) is 7.88. The molecule has 1 aliphatic rings. The van der Waals surface area contributed by atoms with Gasteiger partial charge in [0.05, 0.1) is 24.0 Å². The molecule has 1 aliphatic carbocycles. The van der Waals surface area contributed by atoms with Crippen molar-refractivity contribution in [2.75, 3.05) is 7.11 Å². The van der Waals surface area contributed by atoms with E-state index in [0.717, 1.165) is 40.7 Å². The summed E-state index contributed by atoms with van der Waals surface area (Å²) in [6.07, 6.45) is 5.71. The van der Waals surface area contributed by atoms with Crippen LogP contribution < -0.4 is 10.1 Å². The smallest absolute Gasteiger partial charge is 0.233 e. The van der Waals surface area contributed by atoms with Crippen LogP contribution in [0.25, 0.3) is 11.4 Å². The number of benzene rings is 2. The molecule has 1 aromatic heterocycles. The van der Waals surface area contributed by atoms with Gasteiger partial charge in [0.25, 0.3) is 0 Å². The summed E-state index contributed by atoms with van der Waals surface area (Å²) in [6.45, 7) is 3.77. The molecule has 1 saturated carbocycles. The number of rotatable bonds is 8. The number of para-hydroxylation sites is 1. The first-order valence-electron chi connectivity index (χ1n) is 11.8. The Morgan fingerprint density at radius 2 is 1.79 bits per heavy atom. The van der Waals surface area contributed by atoms with E-state index in [2.05, 4.69) is 20.1 Å². The molecular formula is C26H31FN4O2S. The van der Waals surface area contributed by atoms with Crippen LogP contribution in [0.3, 0.4) is 0 Å². The molecule has 34 heavy (non-hydrogen) atoms. The Labute approximate surface area is 204 Å². The lowest BCUT2D eigenvalue weighted by Gasteiger charge is -2.26. The summed E-state index contributed by atoms with van der Waals surface area (Å²) in [5.41, 5.74) is 1.76. The van der Waals surface area contributed by atoms with Crippen LogP contribution >= 0.6 is 11.8 Å². The van der Waals surface area contributed by atoms with E-state index >= 15 is 0 Å².